The van der Waals surface area contributed by atoms with E-state index >= 15 is 0 Å². The molecule has 1 heterocycles. The first-order valence-corrected chi connectivity index (χ1v) is 5.33. The summed E-state index contributed by atoms with van der Waals surface area (Å²) in [6.07, 6.45) is 0.716. The van der Waals surface area contributed by atoms with Crippen LogP contribution in [0, 0.1) is 18.6 Å². The van der Waals surface area contributed by atoms with Gasteiger partial charge in [0, 0.05) is 17.1 Å². The second kappa shape index (κ2) is 4.25. The van der Waals surface area contributed by atoms with E-state index in [4.69, 9.17) is 5.84 Å². The van der Waals surface area contributed by atoms with Crippen molar-refractivity contribution >= 4 is 16.6 Å². The summed E-state index contributed by atoms with van der Waals surface area (Å²) in [4.78, 5) is 4.25. The Morgan fingerprint density at radius 3 is 2.53 bits per heavy atom. The van der Waals surface area contributed by atoms with E-state index in [0.717, 1.165) is 23.4 Å². The van der Waals surface area contributed by atoms with Crippen molar-refractivity contribution in [3.05, 3.63) is 35.0 Å². The van der Waals surface area contributed by atoms with Crippen LogP contribution in [0.1, 0.15) is 18.2 Å². The molecule has 3 N–H and O–H groups in total. The number of nitrogens with zero attached hydrogens (tertiary/aromatic N) is 1. The molecule has 17 heavy (non-hydrogen) atoms. The lowest BCUT2D eigenvalue weighted by molar-refractivity contribution is 0.510. The summed E-state index contributed by atoms with van der Waals surface area (Å²) in [6, 6.07) is 2.20. The molecular formula is C12H13F2N3. The monoisotopic (exact) mass is 237 g/mol. The van der Waals surface area contributed by atoms with E-state index < -0.39 is 11.6 Å². The Labute approximate surface area is 97.6 Å². The molecule has 3 nitrogen and oxygen atoms in total. The van der Waals surface area contributed by atoms with E-state index in [1.165, 1.54) is 0 Å². The first-order chi connectivity index (χ1) is 8.08. The van der Waals surface area contributed by atoms with Gasteiger partial charge in [-0.15, -0.1) is 0 Å². The fourth-order valence-corrected chi connectivity index (χ4v) is 2.02. The summed E-state index contributed by atoms with van der Waals surface area (Å²) in [6.45, 7) is 3.77. The highest BCUT2D eigenvalue weighted by molar-refractivity contribution is 5.93. The molecule has 1 aromatic heterocycles. The Bertz CT molecular complexity index is 582. The number of aromatic nitrogens is 1. The molecule has 0 amide bonds. The fourth-order valence-electron chi connectivity index (χ4n) is 2.02. The summed E-state index contributed by atoms with van der Waals surface area (Å²) in [5, 5.41) is 0.494. The molecule has 0 spiro atoms. The van der Waals surface area contributed by atoms with Gasteiger partial charge in [0.15, 0.2) is 11.6 Å². The molecule has 0 bridgehead atoms. The van der Waals surface area contributed by atoms with Gasteiger partial charge in [0.25, 0.3) is 0 Å². The van der Waals surface area contributed by atoms with Gasteiger partial charge in [0.1, 0.15) is 0 Å². The highest BCUT2D eigenvalue weighted by Gasteiger charge is 2.13. The molecule has 0 aliphatic carbocycles. The number of nitrogens with one attached hydrogen (secondary N) is 1. The zero-order chi connectivity index (χ0) is 12.6. The third-order valence-electron chi connectivity index (χ3n) is 2.83. The van der Waals surface area contributed by atoms with Gasteiger partial charge in [-0.1, -0.05) is 6.92 Å². The van der Waals surface area contributed by atoms with E-state index in [0.29, 0.717) is 23.0 Å². The van der Waals surface area contributed by atoms with Crippen LogP contribution in [0.4, 0.5) is 14.5 Å². The molecule has 1 aromatic carbocycles. The Morgan fingerprint density at radius 2 is 1.94 bits per heavy atom. The van der Waals surface area contributed by atoms with Gasteiger partial charge in [-0.25, -0.2) is 8.78 Å². The third kappa shape index (κ3) is 1.82. The number of aryl methyl sites for hydroxylation is 1. The fraction of sp³-hybridized carbons (Fsp3) is 0.250. The maximum absolute atomic E-state index is 13.2. The van der Waals surface area contributed by atoms with Crippen molar-refractivity contribution in [2.45, 2.75) is 20.3 Å². The molecule has 5 heteroatoms. The number of nitrogens with two attached hydrogens (primary N) is 1. The van der Waals surface area contributed by atoms with E-state index in [-0.39, 0.29) is 0 Å². The van der Waals surface area contributed by atoms with E-state index in [9.17, 15) is 8.78 Å². The molecule has 0 aliphatic heterocycles. The minimum Gasteiger partial charge on any atom is -0.323 e. The lowest BCUT2D eigenvalue weighted by atomic mass is 10.0. The van der Waals surface area contributed by atoms with Crippen LogP contribution in [0.3, 0.4) is 0 Å². The van der Waals surface area contributed by atoms with Gasteiger partial charge in [0.05, 0.1) is 11.2 Å². The third-order valence-corrected chi connectivity index (χ3v) is 2.83. The van der Waals surface area contributed by atoms with Crippen LogP contribution in [0.25, 0.3) is 10.9 Å². The number of fused-ring (bicyclic) bond motifs is 1. The molecule has 0 unspecified atom stereocenters. The minimum atomic E-state index is -0.906. The maximum atomic E-state index is 13.2. The summed E-state index contributed by atoms with van der Waals surface area (Å²) in [7, 11) is 0. The molecule has 90 valence electrons. The van der Waals surface area contributed by atoms with Crippen molar-refractivity contribution in [2.75, 3.05) is 5.43 Å². The molecule has 2 rings (SSSR count). The van der Waals surface area contributed by atoms with Gasteiger partial charge in [0.2, 0.25) is 0 Å². The molecule has 0 fully saturated rings. The van der Waals surface area contributed by atoms with Gasteiger partial charge < -0.3 is 5.43 Å². The van der Waals surface area contributed by atoms with Crippen molar-refractivity contribution in [1.82, 2.24) is 4.98 Å². The van der Waals surface area contributed by atoms with Gasteiger partial charge in [-0.3, -0.25) is 10.8 Å². The smallest absolute Gasteiger partial charge is 0.161 e. The Morgan fingerprint density at radius 1 is 1.29 bits per heavy atom. The number of anilines is 1. The van der Waals surface area contributed by atoms with Crippen molar-refractivity contribution in [3.63, 3.8) is 0 Å². The largest absolute Gasteiger partial charge is 0.323 e. The quantitative estimate of drug-likeness (QED) is 0.623. The van der Waals surface area contributed by atoms with Crippen LogP contribution in [0.15, 0.2) is 12.1 Å². The second-order valence-electron chi connectivity index (χ2n) is 3.83. The van der Waals surface area contributed by atoms with Crippen LogP contribution in [0.2, 0.25) is 0 Å². The van der Waals surface area contributed by atoms with Gasteiger partial charge in [-0.2, -0.15) is 0 Å². The molecule has 2 aromatic rings. The summed E-state index contributed by atoms with van der Waals surface area (Å²) in [5.41, 5.74) is 5.22. The normalized spacial score (nSPS) is 10.9. The molecule has 0 radical (unpaired) electrons. The zero-order valence-corrected chi connectivity index (χ0v) is 9.64. The average molecular weight is 237 g/mol. The van der Waals surface area contributed by atoms with Crippen LogP contribution in [0.5, 0.6) is 0 Å². The molecule has 0 saturated heterocycles. The Balaban J connectivity index is 2.89. The zero-order valence-electron chi connectivity index (χ0n) is 9.64. The predicted octanol–water partition coefficient (Wildman–Crippen LogP) is 2.67. The number of pyridine rings is 1. The van der Waals surface area contributed by atoms with Gasteiger partial charge >= 0.3 is 0 Å². The number of hydrogen-bond acceptors (Lipinski definition) is 3. The average Bonchev–Trinajstić information content (AvgIpc) is 2.30. The lowest BCUT2D eigenvalue weighted by Gasteiger charge is -2.13. The van der Waals surface area contributed by atoms with Crippen LogP contribution in [-0.4, -0.2) is 4.98 Å². The van der Waals surface area contributed by atoms with E-state index in [1.54, 1.807) is 0 Å². The summed E-state index contributed by atoms with van der Waals surface area (Å²) < 4.78 is 26.4. The standard InChI is InChI=1S/C12H13F2N3/c1-3-7-6(2)16-11-5-10(14)9(13)4-8(11)12(7)17-15/h4-5H,3,15H2,1-2H3,(H,16,17). The molecule has 0 aliphatic rings. The minimum absolute atomic E-state index is 0.395. The Kier molecular flexibility index (Phi) is 2.93. The SMILES string of the molecule is CCc1c(C)nc2cc(F)c(F)cc2c1NN. The summed E-state index contributed by atoms with van der Waals surface area (Å²) in [5.74, 6) is 3.65. The predicted molar refractivity (Wildman–Crippen MR) is 63.6 cm³/mol. The number of nitrogen functional groups attached to an aromatic ring is 1. The molecule has 0 saturated carbocycles. The topological polar surface area (TPSA) is 50.9 Å². The molecule has 0 atom stereocenters. The number of benzene rings is 1. The van der Waals surface area contributed by atoms with E-state index in [2.05, 4.69) is 10.4 Å². The van der Waals surface area contributed by atoms with Crippen LogP contribution < -0.4 is 11.3 Å². The number of halogens is 2. The Hall–Kier alpha value is -1.75. The molecular weight excluding hydrogens is 224 g/mol. The second-order valence-corrected chi connectivity index (χ2v) is 3.83. The first kappa shape index (κ1) is 11.7. The lowest BCUT2D eigenvalue weighted by Crippen LogP contribution is -2.11. The number of rotatable bonds is 2. The maximum Gasteiger partial charge on any atom is 0.161 e. The summed E-state index contributed by atoms with van der Waals surface area (Å²) >= 11 is 0. The van der Waals surface area contributed by atoms with Crippen LogP contribution in [-0.2, 0) is 6.42 Å². The van der Waals surface area contributed by atoms with Crippen molar-refractivity contribution in [2.24, 2.45) is 5.84 Å². The highest BCUT2D eigenvalue weighted by atomic mass is 19.2. The van der Waals surface area contributed by atoms with Crippen LogP contribution >= 0.6 is 0 Å². The van der Waals surface area contributed by atoms with Gasteiger partial charge in [-0.05, 0) is 25.0 Å². The first-order valence-electron chi connectivity index (χ1n) is 5.33. The highest BCUT2D eigenvalue weighted by Crippen LogP contribution is 2.29. The van der Waals surface area contributed by atoms with Crippen molar-refractivity contribution < 1.29 is 8.78 Å². The number of hydrazine groups is 1. The number of hydrogen-bond donors (Lipinski definition) is 2. The van der Waals surface area contributed by atoms with E-state index in [1.807, 2.05) is 13.8 Å². The van der Waals surface area contributed by atoms with Crippen molar-refractivity contribution in [3.8, 4) is 0 Å². The van der Waals surface area contributed by atoms with Crippen molar-refractivity contribution in [1.29, 1.82) is 0 Å².